The van der Waals surface area contributed by atoms with Gasteiger partial charge < -0.3 is 19.8 Å². The largest absolute Gasteiger partial charge is 0.472 e. The maximum absolute atomic E-state index is 12.8. The molecule has 324 valence electrons. The van der Waals surface area contributed by atoms with Gasteiger partial charge in [0.15, 0.2) is 0 Å². The number of amides is 1. The van der Waals surface area contributed by atoms with E-state index in [0.717, 1.165) is 38.5 Å². The lowest BCUT2D eigenvalue weighted by atomic mass is 10.0. The zero-order valence-corrected chi connectivity index (χ0v) is 37.6. The quantitative estimate of drug-likeness (QED) is 0.0246. The molecule has 9 heteroatoms. The summed E-state index contributed by atoms with van der Waals surface area (Å²) in [5.74, 6) is -0.191. The van der Waals surface area contributed by atoms with Gasteiger partial charge in [0.25, 0.3) is 0 Å². The van der Waals surface area contributed by atoms with Gasteiger partial charge in [0, 0.05) is 6.42 Å². The van der Waals surface area contributed by atoms with E-state index in [4.69, 9.17) is 9.05 Å². The van der Waals surface area contributed by atoms with E-state index in [9.17, 15) is 19.4 Å². The van der Waals surface area contributed by atoms with Crippen molar-refractivity contribution in [1.29, 1.82) is 0 Å². The summed E-state index contributed by atoms with van der Waals surface area (Å²) < 4.78 is 23.4. The molecule has 0 aromatic heterocycles. The number of nitrogens with one attached hydrogen (secondary N) is 1. The third kappa shape index (κ3) is 40.7. The molecule has 0 aliphatic rings. The lowest BCUT2D eigenvalue weighted by Gasteiger charge is -2.25. The Labute approximate surface area is 340 Å². The van der Waals surface area contributed by atoms with Crippen LogP contribution in [0.3, 0.4) is 0 Å². The molecule has 55 heavy (non-hydrogen) atoms. The standard InChI is InChI=1S/C46H89N2O6P/c1-6-8-10-12-14-16-17-18-19-20-21-22-23-24-25-26-27-28-29-30-31-32-34-36-38-40-46(50)47-44(43-54-55(51,52)53-42-41-48(3,4)5)45(49)39-37-35-33-15-13-11-9-7-2/h13,15,20-21,37,39,44-45,49H,6-12,14,16-19,22-36,38,40-43H2,1-5H3,(H-,47,50,51,52)/p+1/b15-13+,21-20-,39-37+. The summed E-state index contributed by atoms with van der Waals surface area (Å²) in [5, 5.41) is 13.7. The summed E-state index contributed by atoms with van der Waals surface area (Å²) in [6.45, 7) is 4.71. The molecule has 0 aliphatic carbocycles. The molecule has 0 radical (unpaired) electrons. The number of phosphoric acid groups is 1. The van der Waals surface area contributed by atoms with Crippen molar-refractivity contribution in [3.8, 4) is 0 Å². The van der Waals surface area contributed by atoms with Crippen LogP contribution in [0.15, 0.2) is 36.5 Å². The van der Waals surface area contributed by atoms with Crippen molar-refractivity contribution < 1.29 is 32.9 Å². The molecule has 0 spiro atoms. The van der Waals surface area contributed by atoms with E-state index in [0.29, 0.717) is 17.4 Å². The highest BCUT2D eigenvalue weighted by Gasteiger charge is 2.27. The molecule has 3 N–H and O–H groups in total. The van der Waals surface area contributed by atoms with Gasteiger partial charge in [-0.1, -0.05) is 179 Å². The van der Waals surface area contributed by atoms with Gasteiger partial charge in [-0.3, -0.25) is 13.8 Å². The number of carbonyl (C=O) groups is 1. The minimum absolute atomic E-state index is 0.0560. The van der Waals surface area contributed by atoms with Gasteiger partial charge >= 0.3 is 7.82 Å². The average Bonchev–Trinajstić information content (AvgIpc) is 3.13. The Bertz CT molecular complexity index is 995. The summed E-state index contributed by atoms with van der Waals surface area (Å²) in [6, 6.07) is -0.859. The third-order valence-corrected chi connectivity index (χ3v) is 11.1. The van der Waals surface area contributed by atoms with Crippen LogP contribution in [-0.2, 0) is 18.4 Å². The highest BCUT2D eigenvalue weighted by molar-refractivity contribution is 7.47. The fraction of sp³-hybridized carbons (Fsp3) is 0.848. The van der Waals surface area contributed by atoms with Crippen LogP contribution in [0.4, 0.5) is 0 Å². The minimum atomic E-state index is -4.34. The number of hydrogen-bond acceptors (Lipinski definition) is 5. The molecule has 0 aromatic rings. The van der Waals surface area contributed by atoms with Gasteiger partial charge in [-0.25, -0.2) is 4.57 Å². The summed E-state index contributed by atoms with van der Waals surface area (Å²) >= 11 is 0. The lowest BCUT2D eigenvalue weighted by Crippen LogP contribution is -2.45. The highest BCUT2D eigenvalue weighted by atomic mass is 31.2. The number of carbonyl (C=O) groups excluding carboxylic acids is 1. The second-order valence-electron chi connectivity index (χ2n) is 16.8. The van der Waals surface area contributed by atoms with Crippen LogP contribution in [0.1, 0.15) is 200 Å². The third-order valence-electron chi connectivity index (χ3n) is 10.1. The maximum atomic E-state index is 12.8. The van der Waals surface area contributed by atoms with Crippen molar-refractivity contribution in [1.82, 2.24) is 5.32 Å². The number of rotatable bonds is 41. The number of hydrogen-bond donors (Lipinski definition) is 3. The van der Waals surface area contributed by atoms with Crippen LogP contribution in [0.5, 0.6) is 0 Å². The lowest BCUT2D eigenvalue weighted by molar-refractivity contribution is -0.870. The number of allylic oxidation sites excluding steroid dienone is 5. The SMILES string of the molecule is CCCC/C=C/CC/C=C/C(O)C(COP(=O)(O)OCC[N+](C)(C)C)NC(=O)CCCCCCCCCCCCCCC/C=C\CCCCCCCCCC. The van der Waals surface area contributed by atoms with Crippen LogP contribution in [-0.4, -0.2) is 73.4 Å². The molecule has 1 amide bonds. The molecule has 0 saturated carbocycles. The van der Waals surface area contributed by atoms with Gasteiger partial charge in [0.05, 0.1) is 39.9 Å². The van der Waals surface area contributed by atoms with Crippen LogP contribution in [0.25, 0.3) is 0 Å². The van der Waals surface area contributed by atoms with E-state index < -0.39 is 20.0 Å². The van der Waals surface area contributed by atoms with Crippen molar-refractivity contribution in [2.24, 2.45) is 0 Å². The smallest absolute Gasteiger partial charge is 0.387 e. The van der Waals surface area contributed by atoms with Crippen LogP contribution < -0.4 is 5.32 Å². The van der Waals surface area contributed by atoms with Crippen molar-refractivity contribution in [3.05, 3.63) is 36.5 Å². The molecule has 0 saturated heterocycles. The van der Waals surface area contributed by atoms with Gasteiger partial charge in [0.2, 0.25) is 5.91 Å². The molecule has 0 aromatic carbocycles. The topological polar surface area (TPSA) is 105 Å². The molecular formula is C46H90N2O6P+. The van der Waals surface area contributed by atoms with Gasteiger partial charge in [-0.15, -0.1) is 0 Å². The first-order chi connectivity index (χ1) is 26.5. The van der Waals surface area contributed by atoms with Crippen molar-refractivity contribution in [3.63, 3.8) is 0 Å². The predicted octanol–water partition coefficient (Wildman–Crippen LogP) is 12.7. The number of nitrogens with zero attached hydrogens (tertiary/aromatic N) is 1. The van der Waals surface area contributed by atoms with Crippen LogP contribution in [0.2, 0.25) is 0 Å². The Morgan fingerprint density at radius 3 is 1.51 bits per heavy atom. The number of quaternary nitrogens is 1. The number of phosphoric ester groups is 1. The Hall–Kier alpha value is -1.28. The zero-order chi connectivity index (χ0) is 40.7. The predicted molar refractivity (Wildman–Crippen MR) is 235 cm³/mol. The van der Waals surface area contributed by atoms with E-state index in [-0.39, 0.29) is 19.1 Å². The Morgan fingerprint density at radius 2 is 1.02 bits per heavy atom. The molecular weight excluding hydrogens is 707 g/mol. The monoisotopic (exact) mass is 798 g/mol. The number of likely N-dealkylation sites (N-methyl/N-ethyl adjacent to an activating group) is 1. The Morgan fingerprint density at radius 1 is 0.600 bits per heavy atom. The molecule has 3 unspecified atom stereocenters. The van der Waals surface area contributed by atoms with E-state index in [1.165, 1.54) is 141 Å². The summed E-state index contributed by atoms with van der Waals surface area (Å²) in [7, 11) is 1.55. The highest BCUT2D eigenvalue weighted by Crippen LogP contribution is 2.43. The van der Waals surface area contributed by atoms with Gasteiger partial charge in [-0.05, 0) is 51.4 Å². The molecule has 0 bridgehead atoms. The molecule has 0 rings (SSSR count). The first-order valence-corrected chi connectivity index (χ1v) is 24.4. The summed E-state index contributed by atoms with van der Waals surface area (Å²) in [4.78, 5) is 23.0. The number of aliphatic hydroxyl groups is 1. The fourth-order valence-electron chi connectivity index (χ4n) is 6.39. The first kappa shape index (κ1) is 53.7. The summed E-state index contributed by atoms with van der Waals surface area (Å²) in [6.07, 6.45) is 46.8. The van der Waals surface area contributed by atoms with E-state index in [1.54, 1.807) is 6.08 Å². The first-order valence-electron chi connectivity index (χ1n) is 22.9. The van der Waals surface area contributed by atoms with Gasteiger partial charge in [-0.2, -0.15) is 0 Å². The van der Waals surface area contributed by atoms with E-state index in [1.807, 2.05) is 27.2 Å². The zero-order valence-electron chi connectivity index (χ0n) is 36.7. The number of aliphatic hydroxyl groups excluding tert-OH is 1. The van der Waals surface area contributed by atoms with Crippen LogP contribution in [0, 0.1) is 0 Å². The van der Waals surface area contributed by atoms with Crippen LogP contribution >= 0.6 is 7.82 Å². The Balaban J connectivity index is 4.11. The van der Waals surface area contributed by atoms with Crippen molar-refractivity contribution >= 4 is 13.7 Å². The van der Waals surface area contributed by atoms with E-state index in [2.05, 4.69) is 43.5 Å². The minimum Gasteiger partial charge on any atom is -0.387 e. The van der Waals surface area contributed by atoms with E-state index >= 15 is 0 Å². The molecule has 3 atom stereocenters. The molecule has 8 nitrogen and oxygen atoms in total. The molecule has 0 fully saturated rings. The van der Waals surface area contributed by atoms with Crippen molar-refractivity contribution in [2.45, 2.75) is 212 Å². The number of unbranched alkanes of at least 4 members (excludes halogenated alkanes) is 24. The Kier molecular flexibility index (Phi) is 37.4. The van der Waals surface area contributed by atoms with Crippen molar-refractivity contribution in [2.75, 3.05) is 40.9 Å². The molecule has 0 aliphatic heterocycles. The normalized spacial score (nSPS) is 14.7. The van der Waals surface area contributed by atoms with Gasteiger partial charge in [0.1, 0.15) is 13.2 Å². The second kappa shape index (κ2) is 38.2. The second-order valence-corrected chi connectivity index (χ2v) is 18.2. The summed E-state index contributed by atoms with van der Waals surface area (Å²) in [5.41, 5.74) is 0. The fourth-order valence-corrected chi connectivity index (χ4v) is 7.13. The average molecular weight is 798 g/mol. The molecule has 0 heterocycles. The maximum Gasteiger partial charge on any atom is 0.472 e.